The van der Waals surface area contributed by atoms with E-state index in [0.717, 1.165) is 45.6 Å². The summed E-state index contributed by atoms with van der Waals surface area (Å²) in [6, 6.07) is 8.66. The summed E-state index contributed by atoms with van der Waals surface area (Å²) >= 11 is 1.77. The zero-order valence-corrected chi connectivity index (χ0v) is 16.8. The Morgan fingerprint density at radius 3 is 2.71 bits per heavy atom. The summed E-state index contributed by atoms with van der Waals surface area (Å²) in [5, 5.41) is 3.45. The van der Waals surface area contributed by atoms with E-state index in [0.29, 0.717) is 12.5 Å². The number of hydrogen-bond donors (Lipinski definition) is 0. The number of nitrogens with zero attached hydrogens (tertiary/aromatic N) is 3. The number of amides is 2. The first-order valence-corrected chi connectivity index (χ1v) is 10.9. The number of benzene rings is 1. The van der Waals surface area contributed by atoms with Gasteiger partial charge in [-0.25, -0.2) is 0 Å². The summed E-state index contributed by atoms with van der Waals surface area (Å²) in [7, 11) is 0. The first kappa shape index (κ1) is 17.7. The summed E-state index contributed by atoms with van der Waals surface area (Å²) in [5.74, 6) is 0.384. The molecular formula is C22H25N3O2S. The van der Waals surface area contributed by atoms with Crippen LogP contribution >= 0.6 is 11.3 Å². The predicted molar refractivity (Wildman–Crippen MR) is 113 cm³/mol. The van der Waals surface area contributed by atoms with Crippen LogP contribution in [0.1, 0.15) is 12.8 Å². The van der Waals surface area contributed by atoms with Crippen LogP contribution in [0.2, 0.25) is 0 Å². The maximum atomic E-state index is 13.1. The Balaban J connectivity index is 1.21. The predicted octanol–water partition coefficient (Wildman–Crippen LogP) is 2.97. The van der Waals surface area contributed by atoms with Crippen molar-refractivity contribution in [2.75, 3.05) is 44.2 Å². The van der Waals surface area contributed by atoms with Crippen molar-refractivity contribution in [3.63, 3.8) is 0 Å². The SMILES string of the molecule is C=CC(=O)N1CCC2(CC2C(=O)N2CCN(c3cccc4sccc34)CC2)C1. The second-order valence-corrected chi connectivity index (χ2v) is 9.20. The highest BCUT2D eigenvalue weighted by Gasteiger charge is 2.62. The molecule has 5 rings (SSSR count). The molecule has 1 spiro atoms. The summed E-state index contributed by atoms with van der Waals surface area (Å²) in [6.45, 7) is 8.36. The zero-order valence-electron chi connectivity index (χ0n) is 16.0. The molecule has 2 aromatic rings. The number of carbonyl (C=O) groups is 2. The molecule has 0 bridgehead atoms. The lowest BCUT2D eigenvalue weighted by Crippen LogP contribution is -2.49. The van der Waals surface area contributed by atoms with E-state index in [1.165, 1.54) is 21.8 Å². The first-order valence-electron chi connectivity index (χ1n) is 10.0. The summed E-state index contributed by atoms with van der Waals surface area (Å²) < 4.78 is 1.32. The van der Waals surface area contributed by atoms with Crippen LogP contribution in [0.3, 0.4) is 0 Å². The number of carbonyl (C=O) groups excluding carboxylic acids is 2. The Kier molecular flexibility index (Phi) is 4.19. The molecule has 2 aliphatic heterocycles. The number of hydrogen-bond acceptors (Lipinski definition) is 4. The van der Waals surface area contributed by atoms with Crippen LogP contribution < -0.4 is 4.90 Å². The van der Waals surface area contributed by atoms with Crippen LogP contribution in [0.15, 0.2) is 42.3 Å². The van der Waals surface area contributed by atoms with Crippen molar-refractivity contribution in [2.45, 2.75) is 12.8 Å². The van der Waals surface area contributed by atoms with E-state index < -0.39 is 0 Å². The van der Waals surface area contributed by atoms with Crippen LogP contribution in [0.4, 0.5) is 5.69 Å². The number of rotatable bonds is 3. The molecule has 2 atom stereocenters. The third-order valence-corrected chi connectivity index (χ3v) is 7.65. The highest BCUT2D eigenvalue weighted by Crippen LogP contribution is 2.59. The smallest absolute Gasteiger partial charge is 0.245 e. The minimum atomic E-state index is -0.00815. The van der Waals surface area contributed by atoms with Gasteiger partial charge in [0, 0.05) is 66.4 Å². The summed E-state index contributed by atoms with van der Waals surface area (Å²) in [4.78, 5) is 31.2. The fourth-order valence-corrected chi connectivity index (χ4v) is 5.81. The van der Waals surface area contributed by atoms with Gasteiger partial charge >= 0.3 is 0 Å². The molecule has 3 aliphatic rings. The van der Waals surface area contributed by atoms with Crippen molar-refractivity contribution in [2.24, 2.45) is 11.3 Å². The minimum absolute atomic E-state index is 0.00815. The lowest BCUT2D eigenvalue weighted by atomic mass is 10.0. The largest absolute Gasteiger partial charge is 0.367 e. The molecule has 0 N–H and O–H groups in total. The van der Waals surface area contributed by atoms with E-state index in [9.17, 15) is 9.59 Å². The standard InChI is InChI=1S/C22H25N3O2S/c1-2-20(26)25-8-7-22(15-25)14-17(22)21(27)24-11-9-23(10-12-24)18-4-3-5-19-16(18)6-13-28-19/h2-6,13,17H,1,7-12,14-15H2. The molecule has 2 unspecified atom stereocenters. The normalized spacial score (nSPS) is 26.9. The Labute approximate surface area is 169 Å². The molecule has 0 radical (unpaired) electrons. The van der Waals surface area contributed by atoms with Gasteiger partial charge in [-0.3, -0.25) is 9.59 Å². The number of anilines is 1. The second-order valence-electron chi connectivity index (χ2n) is 8.25. The van der Waals surface area contributed by atoms with Crippen molar-refractivity contribution in [1.82, 2.24) is 9.80 Å². The van der Waals surface area contributed by atoms with Crippen LogP contribution in [-0.4, -0.2) is 60.9 Å². The molecule has 5 nitrogen and oxygen atoms in total. The first-order chi connectivity index (χ1) is 13.6. The topological polar surface area (TPSA) is 43.9 Å². The van der Waals surface area contributed by atoms with Gasteiger partial charge in [-0.15, -0.1) is 11.3 Å². The third-order valence-electron chi connectivity index (χ3n) is 6.76. The maximum absolute atomic E-state index is 13.1. The van der Waals surface area contributed by atoms with Gasteiger partial charge in [-0.2, -0.15) is 0 Å². The second kappa shape index (κ2) is 6.62. The fraction of sp³-hybridized carbons (Fsp3) is 0.455. The number of likely N-dealkylation sites (tertiary alicyclic amines) is 1. The Morgan fingerprint density at radius 1 is 1.11 bits per heavy atom. The van der Waals surface area contributed by atoms with Crippen molar-refractivity contribution >= 4 is 38.9 Å². The molecule has 6 heteroatoms. The Morgan fingerprint density at radius 2 is 1.93 bits per heavy atom. The number of fused-ring (bicyclic) bond motifs is 1. The van der Waals surface area contributed by atoms with Gasteiger partial charge in [-0.1, -0.05) is 12.6 Å². The number of piperazine rings is 1. The van der Waals surface area contributed by atoms with Gasteiger partial charge in [0.05, 0.1) is 0 Å². The lowest BCUT2D eigenvalue weighted by Gasteiger charge is -2.37. The molecule has 1 aromatic heterocycles. The van der Waals surface area contributed by atoms with Gasteiger partial charge in [0.2, 0.25) is 11.8 Å². The van der Waals surface area contributed by atoms with E-state index in [1.54, 1.807) is 11.3 Å². The Bertz CT molecular complexity index is 946. The average Bonchev–Trinajstić information content (AvgIpc) is 3.06. The fourth-order valence-electron chi connectivity index (χ4n) is 5.00. The molecule has 1 aromatic carbocycles. The van der Waals surface area contributed by atoms with Gasteiger partial charge in [0.25, 0.3) is 0 Å². The molecule has 2 amide bonds. The van der Waals surface area contributed by atoms with E-state index in [-0.39, 0.29) is 17.2 Å². The molecule has 28 heavy (non-hydrogen) atoms. The zero-order chi connectivity index (χ0) is 19.3. The summed E-state index contributed by atoms with van der Waals surface area (Å²) in [6.07, 6.45) is 3.26. The summed E-state index contributed by atoms with van der Waals surface area (Å²) in [5.41, 5.74) is 1.32. The van der Waals surface area contributed by atoms with E-state index >= 15 is 0 Å². The third kappa shape index (κ3) is 2.82. The van der Waals surface area contributed by atoms with Gasteiger partial charge in [0.1, 0.15) is 0 Å². The molecular weight excluding hydrogens is 370 g/mol. The van der Waals surface area contributed by atoms with Gasteiger partial charge in [0.15, 0.2) is 0 Å². The maximum Gasteiger partial charge on any atom is 0.245 e. The Hall–Kier alpha value is -2.34. The van der Waals surface area contributed by atoms with Crippen LogP contribution in [0, 0.1) is 11.3 Å². The van der Waals surface area contributed by atoms with E-state index in [4.69, 9.17) is 0 Å². The minimum Gasteiger partial charge on any atom is -0.367 e. The molecule has 146 valence electrons. The lowest BCUT2D eigenvalue weighted by molar-refractivity contribution is -0.134. The van der Waals surface area contributed by atoms with Crippen molar-refractivity contribution in [3.05, 3.63) is 42.3 Å². The van der Waals surface area contributed by atoms with Gasteiger partial charge < -0.3 is 14.7 Å². The molecule has 2 saturated heterocycles. The quantitative estimate of drug-likeness (QED) is 0.751. The highest BCUT2D eigenvalue weighted by molar-refractivity contribution is 7.17. The van der Waals surface area contributed by atoms with Crippen LogP contribution in [-0.2, 0) is 9.59 Å². The number of thiophene rings is 1. The van der Waals surface area contributed by atoms with E-state index in [1.807, 2.05) is 9.80 Å². The van der Waals surface area contributed by atoms with Gasteiger partial charge in [-0.05, 0) is 42.5 Å². The van der Waals surface area contributed by atoms with Crippen LogP contribution in [0.25, 0.3) is 10.1 Å². The van der Waals surface area contributed by atoms with Crippen LogP contribution in [0.5, 0.6) is 0 Å². The molecule has 3 heterocycles. The highest BCUT2D eigenvalue weighted by atomic mass is 32.1. The van der Waals surface area contributed by atoms with Crippen molar-refractivity contribution in [1.29, 1.82) is 0 Å². The van der Waals surface area contributed by atoms with E-state index in [2.05, 4.69) is 41.1 Å². The molecule has 3 fully saturated rings. The average molecular weight is 396 g/mol. The molecule has 1 aliphatic carbocycles. The van der Waals surface area contributed by atoms with Crippen molar-refractivity contribution in [3.8, 4) is 0 Å². The monoisotopic (exact) mass is 395 g/mol. The molecule has 1 saturated carbocycles. The van der Waals surface area contributed by atoms with Crippen molar-refractivity contribution < 1.29 is 9.59 Å².